The van der Waals surface area contributed by atoms with Crippen molar-refractivity contribution in [2.45, 2.75) is 26.7 Å². The van der Waals surface area contributed by atoms with Crippen molar-refractivity contribution in [2.75, 3.05) is 26.7 Å². The Kier molecular flexibility index (Phi) is 4.97. The van der Waals surface area contributed by atoms with Crippen molar-refractivity contribution < 1.29 is 18.7 Å². The molecule has 3 rings (SSSR count). The number of likely N-dealkylation sites (tertiary alicyclic amines) is 1. The number of methoxy groups -OCH3 is 1. The van der Waals surface area contributed by atoms with Crippen molar-refractivity contribution in [3.8, 4) is 5.75 Å². The van der Waals surface area contributed by atoms with Crippen molar-refractivity contribution in [3.05, 3.63) is 29.5 Å². The number of ether oxygens (including phenoxy) is 1. The normalized spacial score (nSPS) is 17.6. The Bertz CT molecular complexity index is 796. The Labute approximate surface area is 147 Å². The van der Waals surface area contributed by atoms with Gasteiger partial charge in [0.1, 0.15) is 0 Å². The zero-order valence-corrected chi connectivity index (χ0v) is 14.9. The zero-order valence-electron chi connectivity index (χ0n) is 14.9. The lowest BCUT2D eigenvalue weighted by Gasteiger charge is -2.31. The average molecular weight is 344 g/mol. The first kappa shape index (κ1) is 17.3. The molecule has 2 heterocycles. The lowest BCUT2D eigenvalue weighted by Crippen LogP contribution is -2.45. The smallest absolute Gasteiger partial charge is 0.289 e. The third kappa shape index (κ3) is 3.21. The monoisotopic (exact) mass is 344 g/mol. The maximum Gasteiger partial charge on any atom is 0.289 e. The lowest BCUT2D eigenvalue weighted by atomic mass is 9.96. The Morgan fingerprint density at radius 1 is 1.40 bits per heavy atom. The average Bonchev–Trinajstić information content (AvgIpc) is 2.98. The molecule has 0 saturated carbocycles. The maximum atomic E-state index is 13.0. The molecule has 2 aromatic rings. The number of rotatable bonds is 4. The molecule has 0 bridgehead atoms. The van der Waals surface area contributed by atoms with Crippen LogP contribution in [0.2, 0.25) is 0 Å². The molecule has 1 aromatic carbocycles. The molecule has 0 radical (unpaired) electrons. The third-order valence-corrected chi connectivity index (χ3v) is 4.77. The van der Waals surface area contributed by atoms with E-state index in [2.05, 4.69) is 5.32 Å². The number of amides is 2. The van der Waals surface area contributed by atoms with Crippen LogP contribution in [0.15, 0.2) is 22.6 Å². The van der Waals surface area contributed by atoms with E-state index in [0.29, 0.717) is 36.7 Å². The van der Waals surface area contributed by atoms with E-state index in [0.717, 1.165) is 23.8 Å². The SMILES string of the molecule is CCNC(=O)[C@H]1CCCN(C(=O)c2oc3c(OC)cccc3c2C)C1. The number of hydrogen-bond donors (Lipinski definition) is 1. The first-order valence-corrected chi connectivity index (χ1v) is 8.69. The molecule has 25 heavy (non-hydrogen) atoms. The van der Waals surface area contributed by atoms with E-state index in [1.54, 1.807) is 12.0 Å². The second-order valence-corrected chi connectivity index (χ2v) is 6.38. The van der Waals surface area contributed by atoms with Crippen LogP contribution in [0.5, 0.6) is 5.75 Å². The summed E-state index contributed by atoms with van der Waals surface area (Å²) in [5, 5.41) is 3.72. The molecule has 6 nitrogen and oxygen atoms in total. The van der Waals surface area contributed by atoms with Gasteiger partial charge < -0.3 is 19.4 Å². The molecular weight excluding hydrogens is 320 g/mol. The fraction of sp³-hybridized carbons (Fsp3) is 0.474. The second kappa shape index (κ2) is 7.17. The van der Waals surface area contributed by atoms with Crippen molar-refractivity contribution in [1.82, 2.24) is 10.2 Å². The molecule has 1 N–H and O–H groups in total. The molecule has 2 amide bonds. The molecule has 1 saturated heterocycles. The Morgan fingerprint density at radius 2 is 2.20 bits per heavy atom. The van der Waals surface area contributed by atoms with Crippen LogP contribution in [-0.4, -0.2) is 43.5 Å². The van der Waals surface area contributed by atoms with Gasteiger partial charge >= 0.3 is 0 Å². The molecular formula is C19H24N2O4. The number of furan rings is 1. The van der Waals surface area contributed by atoms with Crippen LogP contribution in [0, 0.1) is 12.8 Å². The van der Waals surface area contributed by atoms with Gasteiger partial charge in [-0.25, -0.2) is 0 Å². The van der Waals surface area contributed by atoms with Crippen molar-refractivity contribution in [3.63, 3.8) is 0 Å². The Morgan fingerprint density at radius 3 is 2.92 bits per heavy atom. The topological polar surface area (TPSA) is 71.8 Å². The zero-order chi connectivity index (χ0) is 18.0. The molecule has 134 valence electrons. The highest BCUT2D eigenvalue weighted by molar-refractivity contribution is 6.00. The summed E-state index contributed by atoms with van der Waals surface area (Å²) < 4.78 is 11.2. The number of carbonyl (C=O) groups excluding carboxylic acids is 2. The van der Waals surface area contributed by atoms with Gasteiger partial charge in [-0.2, -0.15) is 0 Å². The standard InChI is InChI=1S/C19H24N2O4/c1-4-20-18(22)13-7-6-10-21(11-13)19(23)16-12(2)14-8-5-9-15(24-3)17(14)25-16/h5,8-9,13H,4,6-7,10-11H2,1-3H3,(H,20,22)/t13-/m0/s1. The molecule has 1 atom stereocenters. The number of nitrogens with one attached hydrogen (secondary N) is 1. The summed E-state index contributed by atoms with van der Waals surface area (Å²) in [6.45, 7) is 5.45. The van der Waals surface area contributed by atoms with Gasteiger partial charge in [-0.05, 0) is 32.8 Å². The highest BCUT2D eigenvalue weighted by Crippen LogP contribution is 2.33. The molecule has 0 spiro atoms. The second-order valence-electron chi connectivity index (χ2n) is 6.38. The number of benzene rings is 1. The number of carbonyl (C=O) groups is 2. The highest BCUT2D eigenvalue weighted by atomic mass is 16.5. The Hall–Kier alpha value is -2.50. The molecule has 0 aliphatic carbocycles. The summed E-state index contributed by atoms with van der Waals surface area (Å²) in [6.07, 6.45) is 1.62. The van der Waals surface area contributed by atoms with Crippen molar-refractivity contribution >= 4 is 22.8 Å². The summed E-state index contributed by atoms with van der Waals surface area (Å²) in [4.78, 5) is 26.8. The van der Waals surface area contributed by atoms with E-state index in [9.17, 15) is 9.59 Å². The van der Waals surface area contributed by atoms with Gasteiger partial charge in [-0.1, -0.05) is 12.1 Å². The van der Waals surface area contributed by atoms with E-state index in [4.69, 9.17) is 9.15 Å². The van der Waals surface area contributed by atoms with Gasteiger partial charge in [-0.3, -0.25) is 9.59 Å². The minimum absolute atomic E-state index is 0.0167. The predicted octanol–water partition coefficient (Wildman–Crippen LogP) is 2.74. The van der Waals surface area contributed by atoms with E-state index < -0.39 is 0 Å². The third-order valence-electron chi connectivity index (χ3n) is 4.77. The van der Waals surface area contributed by atoms with Crippen LogP contribution in [0.4, 0.5) is 0 Å². The Balaban J connectivity index is 1.86. The first-order chi connectivity index (χ1) is 12.1. The largest absolute Gasteiger partial charge is 0.493 e. The van der Waals surface area contributed by atoms with E-state index in [1.807, 2.05) is 32.0 Å². The molecule has 0 unspecified atom stereocenters. The van der Waals surface area contributed by atoms with Crippen LogP contribution in [0.1, 0.15) is 35.9 Å². The van der Waals surface area contributed by atoms with E-state index in [1.165, 1.54) is 0 Å². The van der Waals surface area contributed by atoms with Crippen molar-refractivity contribution in [2.24, 2.45) is 5.92 Å². The minimum atomic E-state index is -0.162. The van der Waals surface area contributed by atoms with Gasteiger partial charge in [0, 0.05) is 30.6 Å². The van der Waals surface area contributed by atoms with E-state index >= 15 is 0 Å². The number of nitrogens with zero attached hydrogens (tertiary/aromatic N) is 1. The van der Waals surface area contributed by atoms with Crippen LogP contribution < -0.4 is 10.1 Å². The highest BCUT2D eigenvalue weighted by Gasteiger charge is 2.31. The van der Waals surface area contributed by atoms with Crippen LogP contribution in [0.3, 0.4) is 0 Å². The number of fused-ring (bicyclic) bond motifs is 1. The summed E-state index contributed by atoms with van der Waals surface area (Å²) >= 11 is 0. The first-order valence-electron chi connectivity index (χ1n) is 8.69. The fourth-order valence-corrected chi connectivity index (χ4v) is 3.42. The quantitative estimate of drug-likeness (QED) is 0.926. The maximum absolute atomic E-state index is 13.0. The summed E-state index contributed by atoms with van der Waals surface area (Å²) in [7, 11) is 1.58. The summed E-state index contributed by atoms with van der Waals surface area (Å²) in [5.41, 5.74) is 1.39. The van der Waals surface area contributed by atoms with E-state index in [-0.39, 0.29) is 17.7 Å². The lowest BCUT2D eigenvalue weighted by molar-refractivity contribution is -0.126. The molecule has 1 aromatic heterocycles. The predicted molar refractivity (Wildman–Crippen MR) is 94.8 cm³/mol. The van der Waals surface area contributed by atoms with Crippen LogP contribution in [-0.2, 0) is 4.79 Å². The van der Waals surface area contributed by atoms with Gasteiger partial charge in [0.2, 0.25) is 5.91 Å². The van der Waals surface area contributed by atoms with Gasteiger partial charge in [0.15, 0.2) is 17.1 Å². The fourth-order valence-electron chi connectivity index (χ4n) is 3.42. The minimum Gasteiger partial charge on any atom is -0.493 e. The van der Waals surface area contributed by atoms with Crippen LogP contribution in [0.25, 0.3) is 11.0 Å². The summed E-state index contributed by atoms with van der Waals surface area (Å²) in [6, 6.07) is 5.61. The van der Waals surface area contributed by atoms with Gasteiger partial charge in [0.25, 0.3) is 5.91 Å². The van der Waals surface area contributed by atoms with Crippen molar-refractivity contribution in [1.29, 1.82) is 0 Å². The number of piperidine rings is 1. The summed E-state index contributed by atoms with van der Waals surface area (Å²) in [5.74, 6) is 0.638. The molecule has 6 heteroatoms. The number of aryl methyl sites for hydroxylation is 1. The van der Waals surface area contributed by atoms with Gasteiger partial charge in [-0.15, -0.1) is 0 Å². The number of hydrogen-bond acceptors (Lipinski definition) is 4. The molecule has 1 aliphatic heterocycles. The molecule has 1 fully saturated rings. The van der Waals surface area contributed by atoms with Gasteiger partial charge in [0.05, 0.1) is 13.0 Å². The number of para-hydroxylation sites is 1. The molecule has 1 aliphatic rings. The van der Waals surface area contributed by atoms with Crippen LogP contribution >= 0.6 is 0 Å².